The summed E-state index contributed by atoms with van der Waals surface area (Å²) in [6.07, 6.45) is -3.57. The molecule has 0 aromatic heterocycles. The first-order valence-corrected chi connectivity index (χ1v) is 10.00. The van der Waals surface area contributed by atoms with Crippen LogP contribution in [0.1, 0.15) is 38.2 Å². The van der Waals surface area contributed by atoms with Gasteiger partial charge < -0.3 is 5.32 Å². The smallest absolute Gasteiger partial charge is 0.355 e. The number of ketones is 1. The van der Waals surface area contributed by atoms with E-state index in [-0.39, 0.29) is 25.2 Å². The van der Waals surface area contributed by atoms with Gasteiger partial charge in [0.1, 0.15) is 11.8 Å². The molecule has 2 rings (SSSR count). The van der Waals surface area contributed by atoms with Crippen LogP contribution < -0.4 is 5.32 Å². The minimum atomic E-state index is -4.69. The first-order chi connectivity index (χ1) is 12.6. The molecule has 150 valence electrons. The molecule has 1 aliphatic rings. The Bertz CT molecular complexity index is 809. The van der Waals surface area contributed by atoms with E-state index >= 15 is 0 Å². The Morgan fingerprint density at radius 3 is 2.67 bits per heavy atom. The maximum atomic E-state index is 12.9. The van der Waals surface area contributed by atoms with Crippen LogP contribution in [0.4, 0.5) is 13.2 Å². The van der Waals surface area contributed by atoms with Gasteiger partial charge in [0.2, 0.25) is 15.9 Å². The first-order valence-electron chi connectivity index (χ1n) is 8.56. The van der Waals surface area contributed by atoms with Gasteiger partial charge in [-0.05, 0) is 24.6 Å². The monoisotopic (exact) mass is 406 g/mol. The lowest BCUT2D eigenvalue weighted by Crippen LogP contribution is -2.53. The van der Waals surface area contributed by atoms with Gasteiger partial charge in [0.05, 0.1) is 10.5 Å². The molecule has 1 unspecified atom stereocenters. The number of amides is 1. The molecule has 1 amide bonds. The van der Waals surface area contributed by atoms with Crippen molar-refractivity contribution in [1.29, 1.82) is 0 Å². The number of carbonyl (C=O) groups is 2. The van der Waals surface area contributed by atoms with E-state index in [9.17, 15) is 31.2 Å². The van der Waals surface area contributed by atoms with Crippen molar-refractivity contribution in [3.63, 3.8) is 0 Å². The maximum absolute atomic E-state index is 12.9. The Labute approximate surface area is 155 Å². The summed E-state index contributed by atoms with van der Waals surface area (Å²) in [6.45, 7) is 2.00. The number of nitrogens with zero attached hydrogens (tertiary/aromatic N) is 1. The Hall–Kier alpha value is -1.94. The van der Waals surface area contributed by atoms with E-state index < -0.39 is 38.6 Å². The molecule has 1 heterocycles. The lowest BCUT2D eigenvalue weighted by atomic mass is 10.0. The van der Waals surface area contributed by atoms with Gasteiger partial charge in [0, 0.05) is 25.9 Å². The summed E-state index contributed by atoms with van der Waals surface area (Å²) < 4.78 is 65.3. The van der Waals surface area contributed by atoms with E-state index in [0.29, 0.717) is 19.0 Å². The number of benzene rings is 1. The van der Waals surface area contributed by atoms with Crippen LogP contribution in [0.2, 0.25) is 0 Å². The largest absolute Gasteiger partial charge is 0.416 e. The van der Waals surface area contributed by atoms with Gasteiger partial charge in [-0.1, -0.05) is 19.4 Å². The van der Waals surface area contributed by atoms with E-state index in [1.807, 2.05) is 6.92 Å². The van der Waals surface area contributed by atoms with Crippen molar-refractivity contribution in [2.75, 3.05) is 13.1 Å². The highest BCUT2D eigenvalue weighted by molar-refractivity contribution is 7.89. The van der Waals surface area contributed by atoms with E-state index in [1.54, 1.807) is 0 Å². The minimum Gasteiger partial charge on any atom is -0.355 e. The van der Waals surface area contributed by atoms with Gasteiger partial charge in [0.25, 0.3) is 0 Å². The number of halogens is 3. The number of hydrogen-bond donors (Lipinski definition) is 1. The third-order valence-electron chi connectivity index (χ3n) is 4.28. The third-order valence-corrected chi connectivity index (χ3v) is 6.18. The second kappa shape index (κ2) is 8.39. The summed E-state index contributed by atoms with van der Waals surface area (Å²) in [7, 11) is -4.37. The van der Waals surface area contributed by atoms with Crippen molar-refractivity contribution in [3.05, 3.63) is 29.8 Å². The zero-order chi connectivity index (χ0) is 20.2. The van der Waals surface area contributed by atoms with Crippen molar-refractivity contribution in [2.24, 2.45) is 0 Å². The Morgan fingerprint density at radius 2 is 2.04 bits per heavy atom. The molecular weight excluding hydrogens is 385 g/mol. The van der Waals surface area contributed by atoms with Gasteiger partial charge in [0.15, 0.2) is 0 Å². The molecule has 27 heavy (non-hydrogen) atoms. The molecule has 1 aliphatic heterocycles. The Kier molecular flexibility index (Phi) is 6.63. The number of piperidine rings is 1. The minimum absolute atomic E-state index is 0.0864. The molecule has 0 bridgehead atoms. The van der Waals surface area contributed by atoms with Crippen molar-refractivity contribution >= 4 is 21.7 Å². The zero-order valence-electron chi connectivity index (χ0n) is 14.8. The predicted molar refractivity (Wildman–Crippen MR) is 91.3 cm³/mol. The van der Waals surface area contributed by atoms with Crippen LogP contribution in [-0.2, 0) is 25.8 Å². The van der Waals surface area contributed by atoms with Crippen LogP contribution in [0, 0.1) is 0 Å². The van der Waals surface area contributed by atoms with Crippen LogP contribution in [0.3, 0.4) is 0 Å². The van der Waals surface area contributed by atoms with Crippen LogP contribution >= 0.6 is 0 Å². The van der Waals surface area contributed by atoms with Crippen molar-refractivity contribution in [2.45, 2.75) is 49.7 Å². The fourth-order valence-corrected chi connectivity index (χ4v) is 4.43. The molecule has 0 spiro atoms. The van der Waals surface area contributed by atoms with Gasteiger partial charge in [-0.25, -0.2) is 8.42 Å². The van der Waals surface area contributed by atoms with E-state index in [2.05, 4.69) is 5.32 Å². The molecule has 1 atom stereocenters. The quantitative estimate of drug-likeness (QED) is 0.735. The first kappa shape index (κ1) is 21.4. The average molecular weight is 406 g/mol. The molecule has 6 nitrogen and oxygen atoms in total. The highest BCUT2D eigenvalue weighted by atomic mass is 32.2. The molecule has 1 aromatic rings. The summed E-state index contributed by atoms with van der Waals surface area (Å²) in [6, 6.07) is 2.10. The van der Waals surface area contributed by atoms with Gasteiger partial charge in [-0.15, -0.1) is 0 Å². The van der Waals surface area contributed by atoms with Gasteiger partial charge >= 0.3 is 6.18 Å². The number of nitrogens with one attached hydrogen (secondary N) is 1. The fraction of sp³-hybridized carbons (Fsp3) is 0.529. The molecule has 0 aliphatic carbocycles. The second-order valence-electron chi connectivity index (χ2n) is 6.29. The fourth-order valence-electron chi connectivity index (χ4n) is 2.80. The normalized spacial score (nSPS) is 19.1. The predicted octanol–water partition coefficient (Wildman–Crippen LogP) is 2.34. The third kappa shape index (κ3) is 5.07. The number of Topliss-reactive ketones (excluding diaryl/α,β-unsaturated/α-hetero) is 1. The van der Waals surface area contributed by atoms with Crippen molar-refractivity contribution in [1.82, 2.24) is 9.62 Å². The SMILES string of the molecule is CCCCNC(=O)C1CC(=O)CCN1S(=O)(=O)c1cccc(C(F)(F)F)c1. The van der Waals surface area contributed by atoms with Gasteiger partial charge in [-0.2, -0.15) is 17.5 Å². The van der Waals surface area contributed by atoms with Crippen molar-refractivity contribution in [3.8, 4) is 0 Å². The molecule has 10 heteroatoms. The topological polar surface area (TPSA) is 83.6 Å². The average Bonchev–Trinajstić information content (AvgIpc) is 2.61. The molecule has 1 saturated heterocycles. The summed E-state index contributed by atoms with van der Waals surface area (Å²) >= 11 is 0. The lowest BCUT2D eigenvalue weighted by molar-refractivity contribution is -0.137. The zero-order valence-corrected chi connectivity index (χ0v) is 15.6. The maximum Gasteiger partial charge on any atom is 0.416 e. The number of unbranched alkanes of at least 4 members (excludes halogenated alkanes) is 1. The molecule has 1 N–H and O–H groups in total. The second-order valence-corrected chi connectivity index (χ2v) is 8.19. The standard InChI is InChI=1S/C17H21F3N2O4S/c1-2-3-8-21-16(24)15-11-13(23)7-9-22(15)27(25,26)14-6-4-5-12(10-14)17(18,19)20/h4-6,10,15H,2-3,7-9,11H2,1H3,(H,21,24). The lowest BCUT2D eigenvalue weighted by Gasteiger charge is -2.33. The van der Waals surface area contributed by atoms with Gasteiger partial charge in [-0.3, -0.25) is 9.59 Å². The summed E-state index contributed by atoms with van der Waals surface area (Å²) in [5, 5.41) is 2.59. The van der Waals surface area contributed by atoms with Crippen LogP contribution in [0.25, 0.3) is 0 Å². The van der Waals surface area contributed by atoms with E-state index in [0.717, 1.165) is 28.9 Å². The number of hydrogen-bond acceptors (Lipinski definition) is 4. The Balaban J connectivity index is 2.34. The molecular formula is C17H21F3N2O4S. The Morgan fingerprint density at radius 1 is 1.33 bits per heavy atom. The van der Waals surface area contributed by atoms with E-state index in [4.69, 9.17) is 0 Å². The number of sulfonamides is 1. The van der Waals surface area contributed by atoms with Crippen LogP contribution in [-0.4, -0.2) is 43.5 Å². The van der Waals surface area contributed by atoms with Crippen molar-refractivity contribution < 1.29 is 31.2 Å². The highest BCUT2D eigenvalue weighted by Gasteiger charge is 2.41. The number of alkyl halides is 3. The summed E-state index contributed by atoms with van der Waals surface area (Å²) in [4.78, 5) is 23.6. The number of rotatable bonds is 6. The van der Waals surface area contributed by atoms with Crippen LogP contribution in [0.15, 0.2) is 29.2 Å². The molecule has 0 saturated carbocycles. The molecule has 1 aromatic carbocycles. The highest BCUT2D eigenvalue weighted by Crippen LogP contribution is 2.32. The molecule has 0 radical (unpaired) electrons. The molecule has 1 fully saturated rings. The summed E-state index contributed by atoms with van der Waals surface area (Å²) in [5.74, 6) is -0.881. The number of carbonyl (C=O) groups excluding carboxylic acids is 2. The van der Waals surface area contributed by atoms with Crippen LogP contribution in [0.5, 0.6) is 0 Å². The summed E-state index contributed by atoms with van der Waals surface area (Å²) in [5.41, 5.74) is -1.10. The van der Waals surface area contributed by atoms with E-state index in [1.165, 1.54) is 0 Å².